The Morgan fingerprint density at radius 3 is 2.43 bits per heavy atom. The number of fused-ring (bicyclic) bond motifs is 2. The second kappa shape index (κ2) is 6.68. The van der Waals surface area contributed by atoms with Crippen LogP contribution in [0.15, 0.2) is 63.8 Å². The zero-order chi connectivity index (χ0) is 19.9. The highest BCUT2D eigenvalue weighted by Crippen LogP contribution is 2.31. The van der Waals surface area contributed by atoms with Gasteiger partial charge in [0.05, 0.1) is 28.6 Å². The Morgan fingerprint density at radius 1 is 1.04 bits per heavy atom. The lowest BCUT2D eigenvalue weighted by molar-refractivity contribution is -0.153. The summed E-state index contributed by atoms with van der Waals surface area (Å²) in [5, 5.41) is 0.957. The van der Waals surface area contributed by atoms with Gasteiger partial charge >= 0.3 is 5.97 Å². The van der Waals surface area contributed by atoms with Crippen LogP contribution in [0.5, 0.6) is 0 Å². The molecule has 4 aromatic rings. The molecule has 0 saturated carbocycles. The van der Waals surface area contributed by atoms with E-state index in [1.807, 2.05) is 63.2 Å². The first-order valence-electron chi connectivity index (χ1n) is 9.17. The molecule has 0 atom stereocenters. The van der Waals surface area contributed by atoms with Crippen molar-refractivity contribution in [2.24, 2.45) is 0 Å². The van der Waals surface area contributed by atoms with Gasteiger partial charge in [-0.25, -0.2) is 0 Å². The van der Waals surface area contributed by atoms with E-state index in [-0.39, 0.29) is 17.8 Å². The summed E-state index contributed by atoms with van der Waals surface area (Å²) in [6.45, 7) is 5.46. The fourth-order valence-electron chi connectivity index (χ4n) is 3.32. The van der Waals surface area contributed by atoms with Crippen LogP contribution >= 0.6 is 0 Å². The Labute approximate surface area is 161 Å². The summed E-state index contributed by atoms with van der Waals surface area (Å²) in [5.41, 5.74) is 2.21. The molecule has 142 valence electrons. The third kappa shape index (κ3) is 3.31. The molecule has 0 fully saturated rings. The van der Waals surface area contributed by atoms with Crippen molar-refractivity contribution < 1.29 is 13.9 Å². The van der Waals surface area contributed by atoms with Crippen LogP contribution in [0.1, 0.15) is 26.5 Å². The number of esters is 1. The van der Waals surface area contributed by atoms with Crippen molar-refractivity contribution in [3.05, 3.63) is 70.5 Å². The van der Waals surface area contributed by atoms with Crippen LogP contribution in [-0.2, 0) is 16.0 Å². The minimum absolute atomic E-state index is 0.0120. The van der Waals surface area contributed by atoms with Gasteiger partial charge in [-0.1, -0.05) is 42.5 Å². The standard InChI is InChI=1S/C23H21NO4/c1-23(2,3)28-18(25)13-16-22-19(20(24-16)14-9-5-4-6-10-14)21(26)15-11-7-8-12-17(15)27-22/h4-12,24H,13H2,1-3H3. The Bertz CT molecular complexity index is 1230. The summed E-state index contributed by atoms with van der Waals surface area (Å²) in [6, 6.07) is 16.7. The van der Waals surface area contributed by atoms with Crippen molar-refractivity contribution in [2.45, 2.75) is 32.8 Å². The SMILES string of the molecule is CC(C)(C)OC(=O)Cc1[nH]c(-c2ccccc2)c2c(=O)c3ccccc3oc12. The molecule has 0 unspecified atom stereocenters. The second-order valence-corrected chi connectivity index (χ2v) is 7.74. The summed E-state index contributed by atoms with van der Waals surface area (Å²) in [6.07, 6.45) is -0.0120. The number of benzene rings is 2. The lowest BCUT2D eigenvalue weighted by Gasteiger charge is -2.19. The van der Waals surface area contributed by atoms with Crippen LogP contribution in [-0.4, -0.2) is 16.6 Å². The molecule has 28 heavy (non-hydrogen) atoms. The van der Waals surface area contributed by atoms with E-state index >= 15 is 0 Å². The number of carbonyl (C=O) groups is 1. The number of nitrogens with one attached hydrogen (secondary N) is 1. The van der Waals surface area contributed by atoms with Crippen molar-refractivity contribution in [3.8, 4) is 11.3 Å². The van der Waals surface area contributed by atoms with Crippen molar-refractivity contribution in [1.29, 1.82) is 0 Å². The van der Waals surface area contributed by atoms with Gasteiger partial charge in [0.25, 0.3) is 0 Å². The molecular formula is C23H21NO4. The minimum Gasteiger partial charge on any atom is -0.460 e. The third-order valence-electron chi connectivity index (χ3n) is 4.40. The van der Waals surface area contributed by atoms with E-state index in [4.69, 9.17) is 9.15 Å². The monoisotopic (exact) mass is 375 g/mol. The summed E-state index contributed by atoms with van der Waals surface area (Å²) >= 11 is 0. The van der Waals surface area contributed by atoms with Gasteiger partial charge in [-0.05, 0) is 38.5 Å². The largest absolute Gasteiger partial charge is 0.460 e. The maximum Gasteiger partial charge on any atom is 0.312 e. The third-order valence-corrected chi connectivity index (χ3v) is 4.40. The van der Waals surface area contributed by atoms with Gasteiger partial charge in [0.15, 0.2) is 5.58 Å². The van der Waals surface area contributed by atoms with Gasteiger partial charge in [0.1, 0.15) is 11.2 Å². The highest BCUT2D eigenvalue weighted by Gasteiger charge is 2.23. The van der Waals surface area contributed by atoms with Gasteiger partial charge in [-0.3, -0.25) is 9.59 Å². The molecule has 0 aliphatic rings. The molecule has 0 radical (unpaired) electrons. The number of aromatic nitrogens is 1. The van der Waals surface area contributed by atoms with Crippen molar-refractivity contribution >= 4 is 27.9 Å². The first-order chi connectivity index (χ1) is 13.3. The van der Waals surface area contributed by atoms with Crippen LogP contribution in [0.4, 0.5) is 0 Å². The molecule has 2 heterocycles. The maximum atomic E-state index is 13.2. The minimum atomic E-state index is -0.588. The molecule has 2 aromatic carbocycles. The smallest absolute Gasteiger partial charge is 0.312 e. The molecule has 2 aromatic heterocycles. The molecule has 5 heteroatoms. The topological polar surface area (TPSA) is 72.3 Å². The highest BCUT2D eigenvalue weighted by molar-refractivity contribution is 6.00. The Morgan fingerprint density at radius 2 is 1.71 bits per heavy atom. The Kier molecular flexibility index (Phi) is 4.30. The van der Waals surface area contributed by atoms with Gasteiger partial charge in [-0.15, -0.1) is 0 Å². The summed E-state index contributed by atoms with van der Waals surface area (Å²) in [7, 11) is 0. The van der Waals surface area contributed by atoms with Crippen molar-refractivity contribution in [2.75, 3.05) is 0 Å². The Balaban J connectivity index is 1.95. The number of carbonyl (C=O) groups excluding carboxylic acids is 1. The molecule has 0 spiro atoms. The molecule has 0 aliphatic carbocycles. The molecule has 0 bridgehead atoms. The van der Waals surface area contributed by atoms with Gasteiger partial charge in [-0.2, -0.15) is 0 Å². The predicted octanol–water partition coefficient (Wildman–Crippen LogP) is 4.83. The van der Waals surface area contributed by atoms with Crippen LogP contribution in [0.3, 0.4) is 0 Å². The Hall–Kier alpha value is -3.34. The molecule has 0 aliphatic heterocycles. The van der Waals surface area contributed by atoms with Crippen LogP contribution in [0, 0.1) is 0 Å². The lowest BCUT2D eigenvalue weighted by Crippen LogP contribution is -2.25. The molecule has 0 saturated heterocycles. The summed E-state index contributed by atoms with van der Waals surface area (Å²) < 4.78 is 11.5. The first kappa shape index (κ1) is 18.0. The first-order valence-corrected chi connectivity index (χ1v) is 9.17. The number of rotatable bonds is 3. The number of para-hydroxylation sites is 1. The van der Waals surface area contributed by atoms with E-state index in [0.717, 1.165) is 5.56 Å². The zero-order valence-corrected chi connectivity index (χ0v) is 16.0. The van der Waals surface area contributed by atoms with Gasteiger partial charge in [0.2, 0.25) is 5.43 Å². The van der Waals surface area contributed by atoms with E-state index in [2.05, 4.69) is 4.98 Å². The van der Waals surface area contributed by atoms with Gasteiger partial charge in [0, 0.05) is 0 Å². The summed E-state index contributed by atoms with van der Waals surface area (Å²) in [4.78, 5) is 28.9. The number of aromatic amines is 1. The zero-order valence-electron chi connectivity index (χ0n) is 16.0. The van der Waals surface area contributed by atoms with E-state index in [9.17, 15) is 9.59 Å². The van der Waals surface area contributed by atoms with E-state index in [1.54, 1.807) is 12.1 Å². The van der Waals surface area contributed by atoms with E-state index in [1.165, 1.54) is 0 Å². The molecular weight excluding hydrogens is 354 g/mol. The molecule has 1 N–H and O–H groups in total. The van der Waals surface area contributed by atoms with E-state index < -0.39 is 5.60 Å². The maximum absolute atomic E-state index is 13.2. The molecule has 4 rings (SSSR count). The second-order valence-electron chi connectivity index (χ2n) is 7.74. The quantitative estimate of drug-likeness (QED) is 0.521. The fourth-order valence-corrected chi connectivity index (χ4v) is 3.32. The van der Waals surface area contributed by atoms with Gasteiger partial charge < -0.3 is 14.1 Å². The number of H-pyrrole nitrogens is 1. The highest BCUT2D eigenvalue weighted by atomic mass is 16.6. The number of ether oxygens (including phenoxy) is 1. The molecule has 5 nitrogen and oxygen atoms in total. The van der Waals surface area contributed by atoms with Crippen molar-refractivity contribution in [1.82, 2.24) is 4.98 Å². The predicted molar refractivity (Wildman–Crippen MR) is 109 cm³/mol. The fraction of sp³-hybridized carbons (Fsp3) is 0.217. The van der Waals surface area contributed by atoms with E-state index in [0.29, 0.717) is 33.3 Å². The number of hydrogen-bond acceptors (Lipinski definition) is 4. The summed E-state index contributed by atoms with van der Waals surface area (Å²) in [5.74, 6) is -0.383. The molecule has 0 amide bonds. The van der Waals surface area contributed by atoms with Crippen LogP contribution in [0.25, 0.3) is 33.2 Å². The number of hydrogen-bond donors (Lipinski definition) is 1. The normalized spacial score (nSPS) is 11.8. The average molecular weight is 375 g/mol. The van der Waals surface area contributed by atoms with Crippen molar-refractivity contribution in [3.63, 3.8) is 0 Å². The van der Waals surface area contributed by atoms with Crippen LogP contribution in [0.2, 0.25) is 0 Å². The van der Waals surface area contributed by atoms with Crippen LogP contribution < -0.4 is 5.43 Å². The lowest BCUT2D eigenvalue weighted by atomic mass is 10.1. The average Bonchev–Trinajstić information content (AvgIpc) is 3.00.